The standard InChI is InChI=1S/C19H22N2O6S/c1-25-15-7-5-6-14(10-15)21(28(2,23)24)12-19(22)20-11-16-13-26-17-8-3-4-9-18(17)27-16/h3-10,16H,11-13H2,1-2H3,(H,20,22)/t16-/m0/s1. The van der Waals surface area contributed by atoms with Crippen LogP contribution in [0.1, 0.15) is 0 Å². The second-order valence-corrected chi connectivity index (χ2v) is 8.18. The summed E-state index contributed by atoms with van der Waals surface area (Å²) in [6, 6.07) is 13.8. The van der Waals surface area contributed by atoms with Gasteiger partial charge in [0.05, 0.1) is 25.6 Å². The average Bonchev–Trinajstić information content (AvgIpc) is 2.69. The van der Waals surface area contributed by atoms with Gasteiger partial charge in [-0.3, -0.25) is 9.10 Å². The Morgan fingerprint density at radius 3 is 2.68 bits per heavy atom. The summed E-state index contributed by atoms with van der Waals surface area (Å²) in [5.74, 6) is 1.32. The molecule has 150 valence electrons. The van der Waals surface area contributed by atoms with E-state index in [1.54, 1.807) is 30.3 Å². The molecule has 0 aromatic heterocycles. The molecule has 8 nitrogen and oxygen atoms in total. The lowest BCUT2D eigenvalue weighted by Crippen LogP contribution is -2.45. The number of rotatable bonds is 7. The Labute approximate surface area is 164 Å². The average molecular weight is 406 g/mol. The molecule has 28 heavy (non-hydrogen) atoms. The van der Waals surface area contributed by atoms with Gasteiger partial charge >= 0.3 is 0 Å². The number of anilines is 1. The zero-order valence-corrected chi connectivity index (χ0v) is 16.4. The van der Waals surface area contributed by atoms with E-state index in [9.17, 15) is 13.2 Å². The van der Waals surface area contributed by atoms with E-state index in [2.05, 4.69) is 5.32 Å². The van der Waals surface area contributed by atoms with Gasteiger partial charge in [-0.05, 0) is 24.3 Å². The van der Waals surface area contributed by atoms with E-state index in [0.717, 1.165) is 10.6 Å². The lowest BCUT2D eigenvalue weighted by molar-refractivity contribution is -0.120. The summed E-state index contributed by atoms with van der Waals surface area (Å²) < 4.78 is 41.9. The topological polar surface area (TPSA) is 94.2 Å². The number of nitrogens with zero attached hydrogens (tertiary/aromatic N) is 1. The predicted octanol–water partition coefficient (Wildman–Crippen LogP) is 1.42. The van der Waals surface area contributed by atoms with Gasteiger partial charge in [0.1, 0.15) is 25.0 Å². The molecule has 2 aromatic rings. The number of carbonyl (C=O) groups excluding carboxylic acids is 1. The van der Waals surface area contributed by atoms with Crippen molar-refractivity contribution in [3.8, 4) is 17.2 Å². The summed E-state index contributed by atoms with van der Waals surface area (Å²) in [5.41, 5.74) is 0.350. The molecule has 1 amide bonds. The minimum Gasteiger partial charge on any atom is -0.497 e. The minimum atomic E-state index is -3.66. The molecule has 0 aliphatic carbocycles. The lowest BCUT2D eigenvalue weighted by atomic mass is 10.2. The molecular weight excluding hydrogens is 384 g/mol. The number of ether oxygens (including phenoxy) is 3. The van der Waals surface area contributed by atoms with E-state index in [1.165, 1.54) is 7.11 Å². The van der Waals surface area contributed by atoms with Crippen molar-refractivity contribution < 1.29 is 27.4 Å². The molecule has 1 aliphatic heterocycles. The first-order valence-corrected chi connectivity index (χ1v) is 10.5. The predicted molar refractivity (Wildman–Crippen MR) is 105 cm³/mol. The molecule has 0 unspecified atom stereocenters. The molecule has 0 saturated carbocycles. The molecule has 0 bridgehead atoms. The molecule has 2 aromatic carbocycles. The van der Waals surface area contributed by atoms with Crippen molar-refractivity contribution in [1.82, 2.24) is 5.32 Å². The number of benzene rings is 2. The fraction of sp³-hybridized carbons (Fsp3) is 0.316. The summed E-state index contributed by atoms with van der Waals surface area (Å²) >= 11 is 0. The summed E-state index contributed by atoms with van der Waals surface area (Å²) in [4.78, 5) is 12.4. The largest absolute Gasteiger partial charge is 0.497 e. The van der Waals surface area contributed by atoms with Crippen LogP contribution in [0.2, 0.25) is 0 Å². The molecule has 1 heterocycles. The first-order chi connectivity index (χ1) is 13.4. The van der Waals surface area contributed by atoms with E-state index in [1.807, 2.05) is 18.2 Å². The molecule has 3 rings (SSSR count). The Balaban J connectivity index is 1.62. The normalized spacial score (nSPS) is 15.6. The van der Waals surface area contributed by atoms with Gasteiger partial charge in [0.2, 0.25) is 15.9 Å². The third-order valence-corrected chi connectivity index (χ3v) is 5.26. The Morgan fingerprint density at radius 1 is 1.21 bits per heavy atom. The van der Waals surface area contributed by atoms with E-state index in [-0.39, 0.29) is 19.2 Å². The second kappa shape index (κ2) is 8.39. The Bertz CT molecular complexity index is 947. The molecule has 1 atom stereocenters. The highest BCUT2D eigenvalue weighted by Crippen LogP contribution is 2.30. The van der Waals surface area contributed by atoms with Crippen LogP contribution in [0.15, 0.2) is 48.5 Å². The maximum Gasteiger partial charge on any atom is 0.240 e. The van der Waals surface area contributed by atoms with Crippen molar-refractivity contribution in [2.75, 3.05) is 37.4 Å². The molecular formula is C19H22N2O6S. The van der Waals surface area contributed by atoms with E-state index < -0.39 is 15.9 Å². The Morgan fingerprint density at radius 2 is 1.96 bits per heavy atom. The van der Waals surface area contributed by atoms with E-state index in [0.29, 0.717) is 29.5 Å². The van der Waals surface area contributed by atoms with Crippen molar-refractivity contribution in [2.45, 2.75) is 6.10 Å². The van der Waals surface area contributed by atoms with Gasteiger partial charge in [-0.15, -0.1) is 0 Å². The molecule has 1 N–H and O–H groups in total. The number of hydrogen-bond donors (Lipinski definition) is 1. The van der Waals surface area contributed by atoms with Gasteiger partial charge in [0.25, 0.3) is 0 Å². The SMILES string of the molecule is COc1cccc(N(CC(=O)NC[C@H]2COc3ccccc3O2)S(C)(=O)=O)c1. The van der Waals surface area contributed by atoms with Gasteiger partial charge in [-0.1, -0.05) is 18.2 Å². The maximum absolute atomic E-state index is 12.4. The number of fused-ring (bicyclic) bond motifs is 1. The highest BCUT2D eigenvalue weighted by Gasteiger charge is 2.24. The van der Waals surface area contributed by atoms with Gasteiger partial charge in [-0.25, -0.2) is 8.42 Å². The fourth-order valence-corrected chi connectivity index (χ4v) is 3.59. The van der Waals surface area contributed by atoms with Crippen molar-refractivity contribution in [3.63, 3.8) is 0 Å². The number of nitrogens with one attached hydrogen (secondary N) is 1. The number of hydrogen-bond acceptors (Lipinski definition) is 6. The van der Waals surface area contributed by atoms with Crippen molar-refractivity contribution in [2.24, 2.45) is 0 Å². The van der Waals surface area contributed by atoms with Crippen molar-refractivity contribution in [3.05, 3.63) is 48.5 Å². The number of sulfonamides is 1. The lowest BCUT2D eigenvalue weighted by Gasteiger charge is -2.27. The van der Waals surface area contributed by atoms with Gasteiger partial charge < -0.3 is 19.5 Å². The van der Waals surface area contributed by atoms with Crippen LogP contribution in [0, 0.1) is 0 Å². The minimum absolute atomic E-state index is 0.197. The summed E-state index contributed by atoms with van der Waals surface area (Å²) in [5, 5.41) is 2.70. The van der Waals surface area contributed by atoms with Crippen LogP contribution >= 0.6 is 0 Å². The monoisotopic (exact) mass is 406 g/mol. The Hall–Kier alpha value is -2.94. The van der Waals surface area contributed by atoms with Crippen molar-refractivity contribution >= 4 is 21.6 Å². The Kier molecular flexibility index (Phi) is 5.93. The second-order valence-electron chi connectivity index (χ2n) is 6.27. The fourth-order valence-electron chi connectivity index (χ4n) is 2.74. The quantitative estimate of drug-likeness (QED) is 0.747. The van der Waals surface area contributed by atoms with Crippen LogP contribution in [0.4, 0.5) is 5.69 Å². The number of para-hydroxylation sites is 2. The van der Waals surface area contributed by atoms with Gasteiger partial charge in [0.15, 0.2) is 11.5 Å². The summed E-state index contributed by atoms with van der Waals surface area (Å²) in [6.45, 7) is 0.141. The highest BCUT2D eigenvalue weighted by atomic mass is 32.2. The zero-order chi connectivity index (χ0) is 20.1. The van der Waals surface area contributed by atoms with Crippen LogP contribution in [0.25, 0.3) is 0 Å². The summed E-state index contributed by atoms with van der Waals surface area (Å²) in [6.07, 6.45) is 0.691. The van der Waals surface area contributed by atoms with Gasteiger partial charge in [0, 0.05) is 6.07 Å². The molecule has 0 spiro atoms. The maximum atomic E-state index is 12.4. The third-order valence-electron chi connectivity index (χ3n) is 4.12. The first kappa shape index (κ1) is 19.8. The zero-order valence-electron chi connectivity index (χ0n) is 15.6. The van der Waals surface area contributed by atoms with Crippen LogP contribution in [0.3, 0.4) is 0 Å². The molecule has 9 heteroatoms. The molecule has 0 fully saturated rings. The van der Waals surface area contributed by atoms with E-state index in [4.69, 9.17) is 14.2 Å². The van der Waals surface area contributed by atoms with Crippen LogP contribution < -0.4 is 23.8 Å². The highest BCUT2D eigenvalue weighted by molar-refractivity contribution is 7.92. The van der Waals surface area contributed by atoms with Crippen molar-refractivity contribution in [1.29, 1.82) is 0 Å². The summed E-state index contributed by atoms with van der Waals surface area (Å²) in [7, 11) is -2.17. The van der Waals surface area contributed by atoms with Gasteiger partial charge in [-0.2, -0.15) is 0 Å². The molecule has 0 radical (unpaired) electrons. The number of carbonyl (C=O) groups is 1. The van der Waals surface area contributed by atoms with Crippen LogP contribution in [-0.2, 0) is 14.8 Å². The van der Waals surface area contributed by atoms with Crippen LogP contribution in [0.5, 0.6) is 17.2 Å². The molecule has 1 aliphatic rings. The first-order valence-electron chi connectivity index (χ1n) is 8.64. The number of methoxy groups -OCH3 is 1. The smallest absolute Gasteiger partial charge is 0.240 e. The number of amides is 1. The third kappa shape index (κ3) is 4.86. The van der Waals surface area contributed by atoms with E-state index >= 15 is 0 Å². The van der Waals surface area contributed by atoms with Crippen LogP contribution in [-0.4, -0.2) is 53.5 Å². The molecule has 0 saturated heterocycles.